The number of halogens is 3. The van der Waals surface area contributed by atoms with Crippen LogP contribution >= 0.6 is 0 Å². The van der Waals surface area contributed by atoms with Crippen molar-refractivity contribution in [2.24, 2.45) is 0 Å². The summed E-state index contributed by atoms with van der Waals surface area (Å²) in [6, 6.07) is 8.33. The maximum absolute atomic E-state index is 14.1. The van der Waals surface area contributed by atoms with Gasteiger partial charge in [-0.05, 0) is 30.3 Å². The molecule has 3 heterocycles. The summed E-state index contributed by atoms with van der Waals surface area (Å²) < 4.78 is 42.6. The molecule has 0 unspecified atom stereocenters. The van der Waals surface area contributed by atoms with Gasteiger partial charge in [-0.2, -0.15) is 5.26 Å². The number of likely N-dealkylation sites (tertiary alicyclic amines) is 1. The molecule has 1 aliphatic rings. The lowest BCUT2D eigenvalue weighted by atomic mass is 10.1. The van der Waals surface area contributed by atoms with E-state index >= 15 is 0 Å². The number of hydrogen-bond acceptors (Lipinski definition) is 3. The number of amides is 1. The van der Waals surface area contributed by atoms with E-state index in [1.165, 1.54) is 21.7 Å². The molecule has 26 heavy (non-hydrogen) atoms. The Hall–Kier alpha value is -3.34. The lowest BCUT2D eigenvalue weighted by molar-refractivity contribution is 0.0393. The van der Waals surface area contributed by atoms with Crippen molar-refractivity contribution < 1.29 is 18.0 Å². The molecule has 3 aromatic rings. The smallest absolute Gasteiger partial charge is 0.271 e. The van der Waals surface area contributed by atoms with E-state index in [1.54, 1.807) is 18.2 Å². The Labute approximate surface area is 145 Å². The molecule has 130 valence electrons. The standard InChI is InChI=1S/C18H11F3N4O/c19-11-8-24(9-11)18(26)16-4-10-2-1-3-23-17(10)25(16)12-5-14(20)13(7-22)15(21)6-12/h1-6,11H,8-9H2. The van der Waals surface area contributed by atoms with Gasteiger partial charge < -0.3 is 4.90 Å². The Kier molecular flexibility index (Phi) is 3.65. The highest BCUT2D eigenvalue weighted by atomic mass is 19.1. The molecule has 8 heteroatoms. The fourth-order valence-corrected chi connectivity index (χ4v) is 3.00. The number of fused-ring (bicyclic) bond motifs is 1. The van der Waals surface area contributed by atoms with Crippen molar-refractivity contribution >= 4 is 16.9 Å². The number of aromatic nitrogens is 2. The Morgan fingerprint density at radius 1 is 1.23 bits per heavy atom. The highest BCUT2D eigenvalue weighted by Crippen LogP contribution is 2.27. The molecule has 4 rings (SSSR count). The topological polar surface area (TPSA) is 61.9 Å². The monoisotopic (exact) mass is 356 g/mol. The number of nitrogens with zero attached hydrogens (tertiary/aromatic N) is 4. The second-order valence-corrected chi connectivity index (χ2v) is 5.98. The Morgan fingerprint density at radius 3 is 2.54 bits per heavy atom. The number of alkyl halides is 1. The van der Waals surface area contributed by atoms with Crippen LogP contribution in [0.4, 0.5) is 13.2 Å². The highest BCUT2D eigenvalue weighted by Gasteiger charge is 2.33. The van der Waals surface area contributed by atoms with E-state index in [4.69, 9.17) is 5.26 Å². The number of hydrogen-bond donors (Lipinski definition) is 0. The minimum Gasteiger partial charge on any atom is -0.331 e. The van der Waals surface area contributed by atoms with E-state index in [0.717, 1.165) is 12.1 Å². The van der Waals surface area contributed by atoms with Gasteiger partial charge in [0.25, 0.3) is 5.91 Å². The Balaban J connectivity index is 1.93. The molecule has 1 saturated heterocycles. The van der Waals surface area contributed by atoms with Crippen LogP contribution in [0.2, 0.25) is 0 Å². The molecular weight excluding hydrogens is 345 g/mol. The summed E-state index contributed by atoms with van der Waals surface area (Å²) in [5.74, 6) is -2.53. The third-order valence-corrected chi connectivity index (χ3v) is 4.30. The number of nitriles is 1. The van der Waals surface area contributed by atoms with Crippen molar-refractivity contribution in [2.75, 3.05) is 13.1 Å². The second kappa shape index (κ2) is 5.88. The van der Waals surface area contributed by atoms with Crippen molar-refractivity contribution in [1.82, 2.24) is 14.5 Å². The van der Waals surface area contributed by atoms with Gasteiger partial charge in [0, 0.05) is 11.6 Å². The van der Waals surface area contributed by atoms with Crippen LogP contribution in [0.5, 0.6) is 0 Å². The summed E-state index contributed by atoms with van der Waals surface area (Å²) in [5, 5.41) is 9.42. The van der Waals surface area contributed by atoms with Crippen molar-refractivity contribution in [3.05, 3.63) is 59.4 Å². The molecule has 1 aliphatic heterocycles. The molecule has 0 atom stereocenters. The first-order valence-electron chi connectivity index (χ1n) is 7.79. The first kappa shape index (κ1) is 16.1. The molecule has 0 bridgehead atoms. The molecule has 0 spiro atoms. The van der Waals surface area contributed by atoms with Crippen LogP contribution in [0.3, 0.4) is 0 Å². The molecule has 0 saturated carbocycles. The normalized spacial score (nSPS) is 14.3. The third-order valence-electron chi connectivity index (χ3n) is 4.30. The highest BCUT2D eigenvalue weighted by molar-refractivity contribution is 5.99. The largest absolute Gasteiger partial charge is 0.331 e. The zero-order valence-corrected chi connectivity index (χ0v) is 13.3. The van der Waals surface area contributed by atoms with E-state index in [1.807, 2.05) is 0 Å². The number of carbonyl (C=O) groups is 1. The van der Waals surface area contributed by atoms with Gasteiger partial charge in [0.05, 0.1) is 18.8 Å². The molecule has 5 nitrogen and oxygen atoms in total. The van der Waals surface area contributed by atoms with Gasteiger partial charge in [-0.1, -0.05) is 0 Å². The quantitative estimate of drug-likeness (QED) is 0.709. The summed E-state index contributed by atoms with van der Waals surface area (Å²) in [7, 11) is 0. The average Bonchev–Trinajstić information content (AvgIpc) is 2.97. The van der Waals surface area contributed by atoms with Gasteiger partial charge in [0.15, 0.2) is 0 Å². The first-order valence-corrected chi connectivity index (χ1v) is 7.79. The molecule has 1 amide bonds. The van der Waals surface area contributed by atoms with Crippen LogP contribution < -0.4 is 0 Å². The van der Waals surface area contributed by atoms with E-state index in [2.05, 4.69) is 4.98 Å². The van der Waals surface area contributed by atoms with Crippen molar-refractivity contribution in [2.45, 2.75) is 6.17 Å². The Morgan fingerprint density at radius 2 is 1.92 bits per heavy atom. The average molecular weight is 356 g/mol. The van der Waals surface area contributed by atoms with Gasteiger partial charge in [-0.15, -0.1) is 0 Å². The molecule has 0 aliphatic carbocycles. The van der Waals surface area contributed by atoms with Gasteiger partial charge in [0.2, 0.25) is 0 Å². The number of rotatable bonds is 2. The minimum absolute atomic E-state index is 0.0216. The van der Waals surface area contributed by atoms with Gasteiger partial charge in [-0.3, -0.25) is 9.36 Å². The zero-order valence-electron chi connectivity index (χ0n) is 13.3. The summed E-state index contributed by atoms with van der Waals surface area (Å²) in [4.78, 5) is 18.2. The number of carbonyl (C=O) groups excluding carboxylic acids is 1. The van der Waals surface area contributed by atoms with Crippen LogP contribution in [-0.2, 0) is 0 Å². The van der Waals surface area contributed by atoms with Crippen molar-refractivity contribution in [3.63, 3.8) is 0 Å². The molecule has 0 radical (unpaired) electrons. The SMILES string of the molecule is N#Cc1c(F)cc(-n2c(C(=O)N3CC(F)C3)cc3cccnc32)cc1F. The fourth-order valence-electron chi connectivity index (χ4n) is 3.00. The third kappa shape index (κ3) is 2.40. The molecular formula is C18H11F3N4O. The predicted octanol–water partition coefficient (Wildman–Crippen LogP) is 2.97. The van der Waals surface area contributed by atoms with Crippen LogP contribution in [0.15, 0.2) is 36.5 Å². The van der Waals surface area contributed by atoms with E-state index < -0.39 is 29.3 Å². The summed E-state index contributed by atoms with van der Waals surface area (Å²) >= 11 is 0. The second-order valence-electron chi connectivity index (χ2n) is 5.98. The molecule has 1 aromatic carbocycles. The summed E-state index contributed by atoms with van der Waals surface area (Å²) in [5.41, 5.74) is -0.228. The zero-order chi connectivity index (χ0) is 18.4. The lowest BCUT2D eigenvalue weighted by Gasteiger charge is -2.34. The minimum atomic E-state index is -1.07. The van der Waals surface area contributed by atoms with E-state index in [0.29, 0.717) is 11.0 Å². The van der Waals surface area contributed by atoms with Crippen LogP contribution in [0.25, 0.3) is 16.7 Å². The van der Waals surface area contributed by atoms with Gasteiger partial charge in [0.1, 0.15) is 40.8 Å². The molecule has 0 N–H and O–H groups in total. The molecule has 1 fully saturated rings. The van der Waals surface area contributed by atoms with Crippen molar-refractivity contribution in [1.29, 1.82) is 5.26 Å². The number of benzene rings is 1. The van der Waals surface area contributed by atoms with E-state index in [9.17, 15) is 18.0 Å². The van der Waals surface area contributed by atoms with Crippen molar-refractivity contribution in [3.8, 4) is 11.8 Å². The Bertz CT molecular complexity index is 1060. The fraction of sp³-hybridized carbons (Fsp3) is 0.167. The molecule has 2 aromatic heterocycles. The number of pyridine rings is 1. The lowest BCUT2D eigenvalue weighted by Crippen LogP contribution is -2.51. The van der Waals surface area contributed by atoms with E-state index in [-0.39, 0.29) is 24.5 Å². The maximum Gasteiger partial charge on any atom is 0.271 e. The summed E-state index contributed by atoms with van der Waals surface area (Å²) in [6.45, 7) is -0.0479. The predicted molar refractivity (Wildman–Crippen MR) is 86.5 cm³/mol. The van der Waals surface area contributed by atoms with Crippen LogP contribution in [0, 0.1) is 23.0 Å². The summed E-state index contributed by atoms with van der Waals surface area (Å²) in [6.07, 6.45) is 0.421. The van der Waals surface area contributed by atoms with Gasteiger partial charge in [-0.25, -0.2) is 18.2 Å². The van der Waals surface area contributed by atoms with Crippen LogP contribution in [-0.4, -0.2) is 39.6 Å². The van der Waals surface area contributed by atoms with Crippen LogP contribution in [0.1, 0.15) is 16.1 Å². The van der Waals surface area contributed by atoms with Gasteiger partial charge >= 0.3 is 0 Å². The maximum atomic E-state index is 14.1. The first-order chi connectivity index (χ1) is 12.5.